The van der Waals surface area contributed by atoms with Crippen molar-refractivity contribution in [2.75, 3.05) is 16.8 Å². The standard InChI is InChI=1S/C32H27ClN2O5/c1-19-9-12-23(25(16-19)20-6-3-2-4-7-20)30(37)34-22-11-13-24(26(18-22)32(39)40)31(38)35-15-5-8-29(36)27-17-21(33)10-14-28(27)35/h2-4,6-7,9-14,16-18,29,36H,5,8,15H2,1H3,(H,34,37)(H,39,40). The molecule has 4 aromatic rings. The molecule has 8 heteroatoms. The number of carbonyl (C=O) groups is 3. The van der Waals surface area contributed by atoms with Crippen molar-refractivity contribution in [2.24, 2.45) is 0 Å². The summed E-state index contributed by atoms with van der Waals surface area (Å²) < 4.78 is 0. The van der Waals surface area contributed by atoms with Crippen LogP contribution in [0.3, 0.4) is 0 Å². The number of anilines is 2. The summed E-state index contributed by atoms with van der Waals surface area (Å²) in [5.41, 5.74) is 4.06. The van der Waals surface area contributed by atoms with Crippen molar-refractivity contribution in [3.8, 4) is 11.1 Å². The largest absolute Gasteiger partial charge is 0.478 e. The van der Waals surface area contributed by atoms with Crippen molar-refractivity contribution in [3.63, 3.8) is 0 Å². The first-order chi connectivity index (χ1) is 19.2. The summed E-state index contributed by atoms with van der Waals surface area (Å²) in [6.07, 6.45) is 0.180. The molecule has 1 aliphatic rings. The lowest BCUT2D eigenvalue weighted by Gasteiger charge is -2.24. The Balaban J connectivity index is 1.47. The zero-order valence-corrected chi connectivity index (χ0v) is 22.5. The molecule has 0 saturated carbocycles. The molecule has 0 aliphatic carbocycles. The van der Waals surface area contributed by atoms with E-state index in [-0.39, 0.29) is 16.8 Å². The number of amides is 2. The molecule has 4 aromatic carbocycles. The molecule has 0 bridgehead atoms. The summed E-state index contributed by atoms with van der Waals surface area (Å²) >= 11 is 6.13. The highest BCUT2D eigenvalue weighted by atomic mass is 35.5. The number of aliphatic hydroxyl groups excluding tert-OH is 1. The van der Waals surface area contributed by atoms with Gasteiger partial charge in [0.1, 0.15) is 0 Å². The Kier molecular flexibility index (Phi) is 7.69. The first kappa shape index (κ1) is 27.1. The predicted octanol–water partition coefficient (Wildman–Crippen LogP) is 6.74. The maximum atomic E-state index is 13.7. The molecule has 0 fully saturated rings. The summed E-state index contributed by atoms with van der Waals surface area (Å²) in [7, 11) is 0. The summed E-state index contributed by atoms with van der Waals surface area (Å²) in [6.45, 7) is 2.25. The zero-order chi connectivity index (χ0) is 28.4. The van der Waals surface area contributed by atoms with E-state index in [1.807, 2.05) is 49.4 Å². The Morgan fingerprint density at radius 3 is 2.40 bits per heavy atom. The van der Waals surface area contributed by atoms with E-state index in [2.05, 4.69) is 5.32 Å². The fourth-order valence-corrected chi connectivity index (χ4v) is 5.19. The molecule has 3 N–H and O–H groups in total. The third kappa shape index (κ3) is 5.47. The number of fused-ring (bicyclic) bond motifs is 1. The van der Waals surface area contributed by atoms with Gasteiger partial charge < -0.3 is 20.4 Å². The van der Waals surface area contributed by atoms with Crippen LogP contribution >= 0.6 is 11.6 Å². The molecule has 202 valence electrons. The van der Waals surface area contributed by atoms with E-state index in [0.29, 0.717) is 41.2 Å². The van der Waals surface area contributed by atoms with Gasteiger partial charge in [0.15, 0.2) is 0 Å². The average molecular weight is 555 g/mol. The van der Waals surface area contributed by atoms with Gasteiger partial charge in [0.25, 0.3) is 11.8 Å². The van der Waals surface area contributed by atoms with Crippen LogP contribution < -0.4 is 10.2 Å². The van der Waals surface area contributed by atoms with Crippen LogP contribution in [0.4, 0.5) is 11.4 Å². The summed E-state index contributed by atoms with van der Waals surface area (Å²) in [6, 6.07) is 24.2. The van der Waals surface area contributed by atoms with Crippen LogP contribution in [-0.2, 0) is 0 Å². The summed E-state index contributed by atoms with van der Waals surface area (Å²) in [4.78, 5) is 40.7. The molecule has 0 saturated heterocycles. The minimum absolute atomic E-state index is 0.0249. The molecule has 1 unspecified atom stereocenters. The van der Waals surface area contributed by atoms with Crippen molar-refractivity contribution in [2.45, 2.75) is 25.9 Å². The van der Waals surface area contributed by atoms with Crippen LogP contribution in [0.1, 0.15) is 61.1 Å². The number of nitrogens with one attached hydrogen (secondary N) is 1. The SMILES string of the molecule is Cc1ccc(C(=O)Nc2ccc(C(=O)N3CCCC(O)c4cc(Cl)ccc43)c(C(=O)O)c2)c(-c2ccccc2)c1. The van der Waals surface area contributed by atoms with E-state index in [1.54, 1.807) is 24.3 Å². The van der Waals surface area contributed by atoms with Gasteiger partial charge in [-0.25, -0.2) is 4.79 Å². The Labute approximate surface area is 236 Å². The van der Waals surface area contributed by atoms with E-state index in [0.717, 1.165) is 16.7 Å². The number of hydrogen-bond donors (Lipinski definition) is 3. The van der Waals surface area contributed by atoms with Crippen LogP contribution in [-0.4, -0.2) is 34.5 Å². The van der Waals surface area contributed by atoms with Gasteiger partial charge in [-0.2, -0.15) is 0 Å². The number of hydrogen-bond acceptors (Lipinski definition) is 4. The van der Waals surface area contributed by atoms with Crippen LogP contribution in [0, 0.1) is 6.92 Å². The van der Waals surface area contributed by atoms with E-state index in [4.69, 9.17) is 11.6 Å². The highest BCUT2D eigenvalue weighted by Crippen LogP contribution is 2.36. The van der Waals surface area contributed by atoms with E-state index in [1.165, 1.54) is 23.1 Å². The summed E-state index contributed by atoms with van der Waals surface area (Å²) in [5, 5.41) is 23.8. The first-order valence-corrected chi connectivity index (χ1v) is 13.2. The number of nitrogens with zero attached hydrogens (tertiary/aromatic N) is 1. The smallest absolute Gasteiger partial charge is 0.336 e. The quantitative estimate of drug-likeness (QED) is 0.253. The number of rotatable bonds is 5. The summed E-state index contributed by atoms with van der Waals surface area (Å²) in [5.74, 6) is -2.22. The number of benzene rings is 4. The number of halogens is 1. The molecule has 5 rings (SSSR count). The normalized spacial score (nSPS) is 14.7. The third-order valence-electron chi connectivity index (χ3n) is 6.99. The second kappa shape index (κ2) is 11.3. The monoisotopic (exact) mass is 554 g/mol. The predicted molar refractivity (Wildman–Crippen MR) is 155 cm³/mol. The lowest BCUT2D eigenvalue weighted by molar-refractivity contribution is 0.0691. The fourth-order valence-electron chi connectivity index (χ4n) is 5.01. The molecule has 1 heterocycles. The molecule has 0 aromatic heterocycles. The minimum atomic E-state index is -1.30. The molecule has 0 spiro atoms. The molecule has 7 nitrogen and oxygen atoms in total. The number of carboxylic acid groups (broad SMARTS) is 1. The number of carboxylic acids is 1. The molecule has 2 amide bonds. The lowest BCUT2D eigenvalue weighted by Crippen LogP contribution is -2.33. The van der Waals surface area contributed by atoms with Crippen molar-refractivity contribution in [1.82, 2.24) is 0 Å². The Morgan fingerprint density at radius 1 is 0.900 bits per heavy atom. The van der Waals surface area contributed by atoms with E-state index in [9.17, 15) is 24.6 Å². The van der Waals surface area contributed by atoms with E-state index >= 15 is 0 Å². The van der Waals surface area contributed by atoms with Gasteiger partial charge in [-0.15, -0.1) is 0 Å². The molecule has 40 heavy (non-hydrogen) atoms. The van der Waals surface area contributed by atoms with Crippen molar-refractivity contribution in [1.29, 1.82) is 0 Å². The topological polar surface area (TPSA) is 107 Å². The van der Waals surface area contributed by atoms with Gasteiger partial charge in [-0.05, 0) is 73.4 Å². The van der Waals surface area contributed by atoms with Crippen molar-refractivity contribution >= 4 is 40.8 Å². The third-order valence-corrected chi connectivity index (χ3v) is 7.22. The van der Waals surface area contributed by atoms with Gasteiger partial charge in [0.05, 0.1) is 17.2 Å². The number of carbonyl (C=O) groups excluding carboxylic acids is 2. The zero-order valence-electron chi connectivity index (χ0n) is 21.7. The van der Waals surface area contributed by atoms with Gasteiger partial charge in [0.2, 0.25) is 0 Å². The second-order valence-corrected chi connectivity index (χ2v) is 10.2. The Hall–Kier alpha value is -4.46. The number of aryl methyl sites for hydroxylation is 1. The van der Waals surface area contributed by atoms with Crippen LogP contribution in [0.2, 0.25) is 5.02 Å². The maximum Gasteiger partial charge on any atom is 0.336 e. The van der Waals surface area contributed by atoms with Crippen molar-refractivity contribution < 1.29 is 24.6 Å². The minimum Gasteiger partial charge on any atom is -0.478 e. The van der Waals surface area contributed by atoms with Gasteiger partial charge >= 0.3 is 5.97 Å². The van der Waals surface area contributed by atoms with Crippen molar-refractivity contribution in [3.05, 3.63) is 118 Å². The van der Waals surface area contributed by atoms with Gasteiger partial charge in [0, 0.05) is 34.1 Å². The molecular formula is C32H27ClN2O5. The molecular weight excluding hydrogens is 528 g/mol. The molecule has 1 aliphatic heterocycles. The Bertz CT molecular complexity index is 1620. The van der Waals surface area contributed by atoms with Crippen LogP contribution in [0.15, 0.2) is 84.9 Å². The molecule has 1 atom stereocenters. The van der Waals surface area contributed by atoms with Gasteiger partial charge in [-0.1, -0.05) is 59.6 Å². The second-order valence-electron chi connectivity index (χ2n) is 9.75. The number of aliphatic hydroxyl groups is 1. The lowest BCUT2D eigenvalue weighted by atomic mass is 9.97. The average Bonchev–Trinajstić information content (AvgIpc) is 3.11. The van der Waals surface area contributed by atoms with Crippen LogP contribution in [0.25, 0.3) is 11.1 Å². The molecule has 0 radical (unpaired) electrons. The highest BCUT2D eigenvalue weighted by molar-refractivity contribution is 6.30. The van der Waals surface area contributed by atoms with Crippen LogP contribution in [0.5, 0.6) is 0 Å². The Morgan fingerprint density at radius 2 is 1.65 bits per heavy atom. The highest BCUT2D eigenvalue weighted by Gasteiger charge is 2.29. The number of aromatic carboxylic acids is 1. The fraction of sp³-hybridized carbons (Fsp3) is 0.156. The van der Waals surface area contributed by atoms with E-state index < -0.39 is 23.9 Å². The first-order valence-electron chi connectivity index (χ1n) is 12.9. The van der Waals surface area contributed by atoms with Gasteiger partial charge in [-0.3, -0.25) is 9.59 Å². The maximum absolute atomic E-state index is 13.7.